The Morgan fingerprint density at radius 2 is 0.679 bits per heavy atom. The predicted octanol–water partition coefficient (Wildman–Crippen LogP) is 14.4. The van der Waals surface area contributed by atoms with Gasteiger partial charge in [-0.25, -0.2) is 0 Å². The molecule has 0 rings (SSSR count). The largest absolute Gasteiger partial charge is 0.462 e. The van der Waals surface area contributed by atoms with Gasteiger partial charge in [-0.15, -0.1) is 0 Å². The molecule has 1 unspecified atom stereocenters. The van der Waals surface area contributed by atoms with Crippen LogP contribution in [0, 0.1) is 0 Å². The van der Waals surface area contributed by atoms with Crippen LogP contribution in [0.25, 0.3) is 0 Å². The van der Waals surface area contributed by atoms with Gasteiger partial charge in [0.05, 0.1) is 0 Å². The van der Waals surface area contributed by atoms with Gasteiger partial charge in [0, 0.05) is 19.3 Å². The zero-order valence-corrected chi connectivity index (χ0v) is 35.3. The van der Waals surface area contributed by atoms with E-state index in [9.17, 15) is 14.4 Å². The number of hydrogen-bond acceptors (Lipinski definition) is 6. The summed E-state index contributed by atoms with van der Waals surface area (Å²) >= 11 is 0. The Kier molecular flexibility index (Phi) is 40.9. The van der Waals surface area contributed by atoms with Gasteiger partial charge in [-0.2, -0.15) is 0 Å². The van der Waals surface area contributed by atoms with Gasteiger partial charge in [-0.05, 0) is 51.4 Å². The molecule has 0 aliphatic rings. The number of unbranched alkanes of at least 4 members (excludes halogenated alkanes) is 26. The molecule has 53 heavy (non-hydrogen) atoms. The lowest BCUT2D eigenvalue weighted by Crippen LogP contribution is -2.30. The average molecular weight is 747 g/mol. The monoisotopic (exact) mass is 747 g/mol. The van der Waals surface area contributed by atoms with Crippen LogP contribution < -0.4 is 0 Å². The van der Waals surface area contributed by atoms with Gasteiger partial charge in [-0.3, -0.25) is 14.4 Å². The minimum atomic E-state index is -0.765. The van der Waals surface area contributed by atoms with Crippen molar-refractivity contribution in [1.29, 1.82) is 0 Å². The van der Waals surface area contributed by atoms with Crippen molar-refractivity contribution in [3.05, 3.63) is 24.3 Å². The van der Waals surface area contributed by atoms with E-state index in [-0.39, 0.29) is 31.1 Å². The summed E-state index contributed by atoms with van der Waals surface area (Å²) in [7, 11) is 0. The van der Waals surface area contributed by atoms with Gasteiger partial charge < -0.3 is 14.2 Å². The number of allylic oxidation sites excluding steroid dienone is 4. The van der Waals surface area contributed by atoms with Crippen LogP contribution in [0.5, 0.6) is 0 Å². The lowest BCUT2D eigenvalue weighted by molar-refractivity contribution is -0.167. The van der Waals surface area contributed by atoms with Crippen LogP contribution in [-0.4, -0.2) is 37.2 Å². The predicted molar refractivity (Wildman–Crippen MR) is 224 cm³/mol. The number of carbonyl (C=O) groups is 3. The normalized spacial score (nSPS) is 12.1. The second-order valence-corrected chi connectivity index (χ2v) is 15.3. The maximum atomic E-state index is 12.6. The molecule has 0 fully saturated rings. The van der Waals surface area contributed by atoms with E-state index in [0.717, 1.165) is 70.6 Å². The van der Waals surface area contributed by atoms with Crippen LogP contribution in [-0.2, 0) is 28.6 Å². The minimum Gasteiger partial charge on any atom is -0.462 e. The zero-order valence-electron chi connectivity index (χ0n) is 35.3. The van der Waals surface area contributed by atoms with Gasteiger partial charge in [0.15, 0.2) is 6.10 Å². The third kappa shape index (κ3) is 40.9. The average Bonchev–Trinajstić information content (AvgIpc) is 3.15. The SMILES string of the molecule is CCCCCC/C=C\C/C=C\CCCCCCCCCC(=O)OCC(COC(=O)CCCCCCCCCC)OC(=O)CCCCCCCCCCC. The first-order valence-electron chi connectivity index (χ1n) is 22.8. The molecule has 0 aromatic rings. The highest BCUT2D eigenvalue weighted by Crippen LogP contribution is 2.14. The summed E-state index contributed by atoms with van der Waals surface area (Å²) in [4.78, 5) is 37.6. The number of hydrogen-bond donors (Lipinski definition) is 0. The Bertz CT molecular complexity index is 865. The number of ether oxygens (including phenoxy) is 3. The van der Waals surface area contributed by atoms with E-state index in [4.69, 9.17) is 14.2 Å². The number of rotatable bonds is 41. The highest BCUT2D eigenvalue weighted by atomic mass is 16.6. The first-order chi connectivity index (χ1) is 26.0. The van der Waals surface area contributed by atoms with Crippen molar-refractivity contribution in [2.45, 2.75) is 245 Å². The van der Waals surface area contributed by atoms with E-state index in [1.165, 1.54) is 128 Å². The van der Waals surface area contributed by atoms with E-state index in [0.29, 0.717) is 19.3 Å². The molecule has 0 N–H and O–H groups in total. The summed E-state index contributed by atoms with van der Waals surface area (Å²) in [6.07, 6.45) is 46.0. The van der Waals surface area contributed by atoms with E-state index >= 15 is 0 Å². The third-order valence-corrected chi connectivity index (χ3v) is 9.96. The molecule has 0 spiro atoms. The summed E-state index contributed by atoms with van der Waals surface area (Å²) in [5.41, 5.74) is 0. The van der Waals surface area contributed by atoms with Crippen LogP contribution >= 0.6 is 0 Å². The molecule has 0 amide bonds. The third-order valence-electron chi connectivity index (χ3n) is 9.96. The summed E-state index contributed by atoms with van der Waals surface area (Å²) in [6, 6.07) is 0. The molecule has 0 bridgehead atoms. The van der Waals surface area contributed by atoms with Crippen LogP contribution in [0.3, 0.4) is 0 Å². The first kappa shape index (κ1) is 50.9. The molecule has 0 aromatic carbocycles. The molecule has 6 nitrogen and oxygen atoms in total. The van der Waals surface area contributed by atoms with Crippen molar-refractivity contribution in [3.8, 4) is 0 Å². The lowest BCUT2D eigenvalue weighted by Gasteiger charge is -2.18. The van der Waals surface area contributed by atoms with Gasteiger partial charge >= 0.3 is 17.9 Å². The lowest BCUT2D eigenvalue weighted by atomic mass is 10.1. The second-order valence-electron chi connectivity index (χ2n) is 15.3. The number of esters is 3. The summed E-state index contributed by atoms with van der Waals surface area (Å²) in [6.45, 7) is 6.57. The van der Waals surface area contributed by atoms with E-state index < -0.39 is 6.10 Å². The van der Waals surface area contributed by atoms with Gasteiger partial charge in [0.2, 0.25) is 0 Å². The Hall–Kier alpha value is -2.11. The van der Waals surface area contributed by atoms with Gasteiger partial charge in [0.1, 0.15) is 13.2 Å². The standard InChI is InChI=1S/C47H86O6/c1-4-7-10-13-16-19-20-21-22-23-24-25-26-27-29-31-34-37-40-46(49)52-43-44(42-51-45(48)39-36-33-30-18-15-12-9-6-3)53-47(50)41-38-35-32-28-17-14-11-8-5-2/h19-20,22-23,44H,4-18,21,24-43H2,1-3H3/b20-19-,23-22-. The van der Waals surface area contributed by atoms with Crippen molar-refractivity contribution in [2.24, 2.45) is 0 Å². The summed E-state index contributed by atoms with van der Waals surface area (Å²) in [5.74, 6) is -0.881. The van der Waals surface area contributed by atoms with Crippen molar-refractivity contribution in [2.75, 3.05) is 13.2 Å². The van der Waals surface area contributed by atoms with Crippen molar-refractivity contribution >= 4 is 17.9 Å². The Balaban J connectivity index is 4.24. The Morgan fingerprint density at radius 1 is 0.377 bits per heavy atom. The fourth-order valence-corrected chi connectivity index (χ4v) is 6.47. The molecule has 0 aliphatic carbocycles. The molecular formula is C47H86O6. The Labute approximate surface area is 328 Å². The summed E-state index contributed by atoms with van der Waals surface area (Å²) < 4.78 is 16.6. The van der Waals surface area contributed by atoms with Crippen molar-refractivity contribution < 1.29 is 28.6 Å². The molecule has 1 atom stereocenters. The highest BCUT2D eigenvalue weighted by molar-refractivity contribution is 5.71. The molecule has 310 valence electrons. The van der Waals surface area contributed by atoms with E-state index in [2.05, 4.69) is 45.1 Å². The summed E-state index contributed by atoms with van der Waals surface area (Å²) in [5, 5.41) is 0. The molecule has 6 heteroatoms. The second kappa shape index (κ2) is 42.6. The molecular weight excluding hydrogens is 661 g/mol. The maximum Gasteiger partial charge on any atom is 0.306 e. The van der Waals surface area contributed by atoms with Crippen LogP contribution in [0.2, 0.25) is 0 Å². The zero-order chi connectivity index (χ0) is 38.7. The molecule has 0 saturated carbocycles. The van der Waals surface area contributed by atoms with Gasteiger partial charge in [-0.1, -0.05) is 193 Å². The molecule has 0 saturated heterocycles. The van der Waals surface area contributed by atoms with Gasteiger partial charge in [0.25, 0.3) is 0 Å². The van der Waals surface area contributed by atoms with Crippen LogP contribution in [0.1, 0.15) is 239 Å². The quantitative estimate of drug-likeness (QED) is 0.0268. The maximum absolute atomic E-state index is 12.6. The first-order valence-corrected chi connectivity index (χ1v) is 22.8. The molecule has 0 radical (unpaired) electrons. The highest BCUT2D eigenvalue weighted by Gasteiger charge is 2.19. The smallest absolute Gasteiger partial charge is 0.306 e. The molecule has 0 aromatic heterocycles. The fourth-order valence-electron chi connectivity index (χ4n) is 6.47. The van der Waals surface area contributed by atoms with E-state index in [1.54, 1.807) is 0 Å². The Morgan fingerprint density at radius 3 is 1.06 bits per heavy atom. The number of carbonyl (C=O) groups excluding carboxylic acids is 3. The topological polar surface area (TPSA) is 78.9 Å². The van der Waals surface area contributed by atoms with Crippen LogP contribution in [0.4, 0.5) is 0 Å². The van der Waals surface area contributed by atoms with Crippen molar-refractivity contribution in [1.82, 2.24) is 0 Å². The fraction of sp³-hybridized carbons (Fsp3) is 0.851. The van der Waals surface area contributed by atoms with Crippen LogP contribution in [0.15, 0.2) is 24.3 Å². The molecule has 0 aliphatic heterocycles. The minimum absolute atomic E-state index is 0.0708. The van der Waals surface area contributed by atoms with E-state index in [1.807, 2.05) is 0 Å². The van der Waals surface area contributed by atoms with Crippen molar-refractivity contribution in [3.63, 3.8) is 0 Å². The molecule has 0 heterocycles.